The van der Waals surface area contributed by atoms with E-state index in [0.717, 1.165) is 5.56 Å². The zero-order valence-corrected chi connectivity index (χ0v) is 15.9. The smallest absolute Gasteiger partial charge is 0.240 e. The first-order valence-electron chi connectivity index (χ1n) is 7.92. The van der Waals surface area contributed by atoms with Crippen molar-refractivity contribution in [1.82, 2.24) is 9.78 Å². The zero-order valence-electron chi connectivity index (χ0n) is 14.3. The van der Waals surface area contributed by atoms with Crippen LogP contribution in [-0.4, -0.2) is 24.1 Å². The number of carbonyl (C=O) groups excluding carboxylic acids is 1. The number of rotatable bonds is 5. The number of nitrogens with zero attached hydrogens (tertiary/aromatic N) is 3. The Morgan fingerprint density at radius 2 is 1.96 bits per heavy atom. The van der Waals surface area contributed by atoms with Crippen molar-refractivity contribution in [2.45, 2.75) is 11.3 Å². The molecule has 0 fully saturated rings. The highest BCUT2D eigenvalue weighted by Gasteiger charge is 2.18. The minimum atomic E-state index is -4.11. The Kier molecular flexibility index (Phi) is 5.46. The number of aromatic nitrogens is 2. The highest BCUT2D eigenvalue weighted by Crippen LogP contribution is 2.23. The number of halogens is 1. The van der Waals surface area contributed by atoms with Gasteiger partial charge >= 0.3 is 0 Å². The summed E-state index contributed by atoms with van der Waals surface area (Å²) in [5, 5.41) is 21.4. The Bertz CT molecular complexity index is 1180. The van der Waals surface area contributed by atoms with Gasteiger partial charge in [0.15, 0.2) is 0 Å². The van der Waals surface area contributed by atoms with E-state index in [4.69, 9.17) is 22.0 Å². The molecule has 8 nitrogen and oxygen atoms in total. The standard InChI is InChI=1S/C18H14ClN5O3S/c19-14-3-1-12(2-4-14)7-18(25)23-15-5-6-16(17(8-15)28(21,26)27)24-11-13(9-20)10-22-24/h1-6,8,10-11H,7H2,(H,23,25)(H2,21,26,27). The summed E-state index contributed by atoms with van der Waals surface area (Å²) in [5.74, 6) is -0.332. The third kappa shape index (κ3) is 4.55. The molecule has 0 saturated heterocycles. The van der Waals surface area contributed by atoms with Crippen LogP contribution in [0.1, 0.15) is 11.1 Å². The summed E-state index contributed by atoms with van der Waals surface area (Å²) < 4.78 is 25.3. The summed E-state index contributed by atoms with van der Waals surface area (Å²) in [6.07, 6.45) is 2.77. The van der Waals surface area contributed by atoms with Crippen LogP contribution in [0.2, 0.25) is 5.02 Å². The molecule has 0 bridgehead atoms. The number of primary sulfonamides is 1. The van der Waals surface area contributed by atoms with Crippen molar-refractivity contribution in [1.29, 1.82) is 5.26 Å². The maximum atomic E-state index is 12.2. The molecule has 3 N–H and O–H groups in total. The van der Waals surface area contributed by atoms with Gasteiger partial charge in [-0.15, -0.1) is 0 Å². The number of nitrogens with one attached hydrogen (secondary N) is 1. The average molecular weight is 416 g/mol. The van der Waals surface area contributed by atoms with Crippen molar-refractivity contribution >= 4 is 33.2 Å². The number of anilines is 1. The molecule has 0 aliphatic rings. The predicted molar refractivity (Wildman–Crippen MR) is 103 cm³/mol. The fourth-order valence-corrected chi connectivity index (χ4v) is 3.38. The van der Waals surface area contributed by atoms with E-state index >= 15 is 0 Å². The van der Waals surface area contributed by atoms with Gasteiger partial charge in [0.1, 0.15) is 11.0 Å². The van der Waals surface area contributed by atoms with Crippen LogP contribution in [0.3, 0.4) is 0 Å². The van der Waals surface area contributed by atoms with E-state index in [9.17, 15) is 13.2 Å². The summed E-state index contributed by atoms with van der Waals surface area (Å²) in [7, 11) is -4.11. The van der Waals surface area contributed by atoms with Gasteiger partial charge in [-0.2, -0.15) is 10.4 Å². The van der Waals surface area contributed by atoms with Crippen molar-refractivity contribution in [3.05, 3.63) is 71.0 Å². The van der Waals surface area contributed by atoms with E-state index < -0.39 is 10.0 Å². The molecular formula is C18H14ClN5O3S. The molecular weight excluding hydrogens is 402 g/mol. The number of amides is 1. The fraction of sp³-hybridized carbons (Fsp3) is 0.0556. The second kappa shape index (κ2) is 7.82. The lowest BCUT2D eigenvalue weighted by molar-refractivity contribution is -0.115. The predicted octanol–water partition coefficient (Wildman–Crippen LogP) is 2.23. The van der Waals surface area contributed by atoms with Crippen LogP contribution >= 0.6 is 11.6 Å². The number of nitrogens with two attached hydrogens (primary N) is 1. The number of hydrogen-bond donors (Lipinski definition) is 2. The molecule has 3 aromatic rings. The van der Waals surface area contributed by atoms with Gasteiger partial charge in [0.2, 0.25) is 15.9 Å². The molecule has 10 heteroatoms. The van der Waals surface area contributed by atoms with Crippen molar-refractivity contribution < 1.29 is 13.2 Å². The molecule has 2 aromatic carbocycles. The van der Waals surface area contributed by atoms with Crippen LogP contribution in [0, 0.1) is 11.3 Å². The lowest BCUT2D eigenvalue weighted by atomic mass is 10.1. The third-order valence-electron chi connectivity index (χ3n) is 3.79. The van der Waals surface area contributed by atoms with Gasteiger partial charge in [0, 0.05) is 16.9 Å². The Morgan fingerprint density at radius 1 is 1.25 bits per heavy atom. The van der Waals surface area contributed by atoms with Gasteiger partial charge in [0.25, 0.3) is 0 Å². The third-order valence-corrected chi connectivity index (χ3v) is 4.98. The van der Waals surface area contributed by atoms with Crippen molar-refractivity contribution in [2.75, 3.05) is 5.32 Å². The first-order valence-corrected chi connectivity index (χ1v) is 9.85. The monoisotopic (exact) mass is 415 g/mol. The number of sulfonamides is 1. The number of nitriles is 1. The summed E-state index contributed by atoms with van der Waals surface area (Å²) >= 11 is 5.82. The molecule has 1 aromatic heterocycles. The van der Waals surface area contributed by atoms with E-state index in [-0.39, 0.29) is 34.2 Å². The van der Waals surface area contributed by atoms with E-state index in [0.29, 0.717) is 5.02 Å². The highest BCUT2D eigenvalue weighted by atomic mass is 35.5. The molecule has 3 rings (SSSR count). The Hall–Kier alpha value is -3.19. The summed E-state index contributed by atoms with van der Waals surface area (Å²) in [6.45, 7) is 0. The van der Waals surface area contributed by atoms with Gasteiger partial charge in [-0.1, -0.05) is 23.7 Å². The van der Waals surface area contributed by atoms with E-state index in [2.05, 4.69) is 10.4 Å². The summed E-state index contributed by atoms with van der Waals surface area (Å²) in [6, 6.07) is 12.9. The fourth-order valence-electron chi connectivity index (χ4n) is 2.51. The molecule has 0 spiro atoms. The van der Waals surface area contributed by atoms with Gasteiger partial charge < -0.3 is 5.32 Å². The quantitative estimate of drug-likeness (QED) is 0.659. The first kappa shape index (κ1) is 19.6. The molecule has 0 aliphatic heterocycles. The largest absolute Gasteiger partial charge is 0.326 e. The van der Waals surface area contributed by atoms with Crippen LogP contribution in [0.5, 0.6) is 0 Å². The number of benzene rings is 2. The van der Waals surface area contributed by atoms with Crippen molar-refractivity contribution in [2.24, 2.45) is 5.14 Å². The molecule has 1 heterocycles. The SMILES string of the molecule is N#Cc1cnn(-c2ccc(NC(=O)Cc3ccc(Cl)cc3)cc2S(N)(=O)=O)c1. The van der Waals surface area contributed by atoms with Gasteiger partial charge in [-0.05, 0) is 35.9 Å². The van der Waals surface area contributed by atoms with E-state index in [1.807, 2.05) is 6.07 Å². The van der Waals surface area contributed by atoms with Gasteiger partial charge in [-0.25, -0.2) is 18.2 Å². The molecule has 0 saturated carbocycles. The van der Waals surface area contributed by atoms with Crippen LogP contribution in [0.15, 0.2) is 59.8 Å². The molecule has 0 unspecified atom stereocenters. The van der Waals surface area contributed by atoms with Crippen LogP contribution in [0.25, 0.3) is 5.69 Å². The van der Waals surface area contributed by atoms with E-state index in [1.165, 1.54) is 35.3 Å². The Morgan fingerprint density at radius 3 is 2.57 bits per heavy atom. The Labute approximate surface area is 166 Å². The minimum Gasteiger partial charge on any atom is -0.326 e. The molecule has 0 aliphatic carbocycles. The van der Waals surface area contributed by atoms with E-state index in [1.54, 1.807) is 24.3 Å². The molecule has 0 radical (unpaired) electrons. The number of hydrogen-bond acceptors (Lipinski definition) is 5. The normalized spacial score (nSPS) is 11.0. The van der Waals surface area contributed by atoms with Crippen molar-refractivity contribution in [3.8, 4) is 11.8 Å². The van der Waals surface area contributed by atoms with Crippen LogP contribution in [0.4, 0.5) is 5.69 Å². The maximum Gasteiger partial charge on any atom is 0.240 e. The van der Waals surface area contributed by atoms with Gasteiger partial charge in [-0.3, -0.25) is 4.79 Å². The average Bonchev–Trinajstić information content (AvgIpc) is 3.12. The topological polar surface area (TPSA) is 131 Å². The number of carbonyl (C=O) groups is 1. The minimum absolute atomic E-state index is 0.0916. The maximum absolute atomic E-state index is 12.2. The van der Waals surface area contributed by atoms with Crippen LogP contribution in [-0.2, 0) is 21.2 Å². The van der Waals surface area contributed by atoms with Gasteiger partial charge in [0.05, 0.1) is 23.9 Å². The lowest BCUT2D eigenvalue weighted by Gasteiger charge is -2.11. The van der Waals surface area contributed by atoms with Crippen molar-refractivity contribution in [3.63, 3.8) is 0 Å². The zero-order chi connectivity index (χ0) is 20.3. The second-order valence-corrected chi connectivity index (χ2v) is 7.83. The second-order valence-electron chi connectivity index (χ2n) is 5.86. The molecule has 1 amide bonds. The molecule has 142 valence electrons. The first-order chi connectivity index (χ1) is 13.3. The molecule has 28 heavy (non-hydrogen) atoms. The highest BCUT2D eigenvalue weighted by molar-refractivity contribution is 7.89. The summed E-state index contributed by atoms with van der Waals surface area (Å²) in [5.41, 5.74) is 1.45. The molecule has 0 atom stereocenters. The summed E-state index contributed by atoms with van der Waals surface area (Å²) in [4.78, 5) is 12.0. The lowest BCUT2D eigenvalue weighted by Crippen LogP contribution is -2.18. The Balaban J connectivity index is 1.87. The van der Waals surface area contributed by atoms with Crippen LogP contribution < -0.4 is 10.5 Å².